The Hall–Kier alpha value is -6.64. The molecule has 0 bridgehead atoms. The van der Waals surface area contributed by atoms with Crippen molar-refractivity contribution in [3.05, 3.63) is 188 Å². The van der Waals surface area contributed by atoms with Gasteiger partial charge in [0.05, 0.1) is 0 Å². The second-order valence-corrected chi connectivity index (χ2v) is 12.9. The molecule has 0 radical (unpaired) electrons. The third kappa shape index (κ3) is 4.57. The third-order valence-corrected chi connectivity index (χ3v) is 10.1. The van der Waals surface area contributed by atoms with Crippen LogP contribution in [0.15, 0.2) is 192 Å². The summed E-state index contributed by atoms with van der Waals surface area (Å²) in [5.74, 6) is 0. The number of fused-ring (bicyclic) bond motifs is 8. The summed E-state index contributed by atoms with van der Waals surface area (Å²) >= 11 is 0. The lowest BCUT2D eigenvalue weighted by Crippen LogP contribution is -2.09. The van der Waals surface area contributed by atoms with Gasteiger partial charge in [0.2, 0.25) is 0 Å². The molecular weight excluding hydrogens is 607 g/mol. The fourth-order valence-electron chi connectivity index (χ4n) is 7.73. The minimum Gasteiger partial charge on any atom is -0.456 e. The first-order chi connectivity index (χ1) is 24.8. The molecule has 0 spiro atoms. The number of rotatable bonds is 5. The van der Waals surface area contributed by atoms with Crippen molar-refractivity contribution in [2.24, 2.45) is 0 Å². The van der Waals surface area contributed by atoms with E-state index in [1.165, 1.54) is 49.0 Å². The Kier molecular flexibility index (Phi) is 6.53. The summed E-state index contributed by atoms with van der Waals surface area (Å²) in [5.41, 5.74) is 9.90. The molecule has 9 aromatic carbocycles. The summed E-state index contributed by atoms with van der Waals surface area (Å²) in [7, 11) is 0. The molecule has 234 valence electrons. The molecule has 0 amide bonds. The maximum atomic E-state index is 6.18. The minimum absolute atomic E-state index is 0.909. The molecule has 0 fully saturated rings. The van der Waals surface area contributed by atoms with Crippen LogP contribution >= 0.6 is 0 Å². The highest BCUT2D eigenvalue weighted by Crippen LogP contribution is 2.41. The van der Waals surface area contributed by atoms with Crippen molar-refractivity contribution in [2.75, 3.05) is 4.90 Å². The number of hydrogen-bond donors (Lipinski definition) is 0. The van der Waals surface area contributed by atoms with Crippen molar-refractivity contribution in [3.8, 4) is 22.3 Å². The van der Waals surface area contributed by atoms with Crippen LogP contribution in [0.2, 0.25) is 0 Å². The van der Waals surface area contributed by atoms with E-state index < -0.39 is 0 Å². The minimum atomic E-state index is 0.909. The molecule has 1 heterocycles. The van der Waals surface area contributed by atoms with Gasteiger partial charge in [-0.05, 0) is 103 Å². The number of nitrogens with zero attached hydrogens (tertiary/aromatic N) is 1. The smallest absolute Gasteiger partial charge is 0.136 e. The van der Waals surface area contributed by atoms with Gasteiger partial charge in [-0.25, -0.2) is 0 Å². The molecule has 1 aromatic heterocycles. The van der Waals surface area contributed by atoms with Gasteiger partial charge in [0.25, 0.3) is 0 Å². The number of benzene rings is 9. The van der Waals surface area contributed by atoms with E-state index in [2.05, 4.69) is 181 Å². The van der Waals surface area contributed by atoms with Crippen LogP contribution in [0, 0.1) is 0 Å². The SMILES string of the molecule is c1ccc(N(c2ccc(-c3cccc4c3ccc3c5ccccc5ccc43)cc2)c2ccc(-c3cccc4oc5ccccc5c34)cc2)cc1. The maximum absolute atomic E-state index is 6.18. The number of hydrogen-bond acceptors (Lipinski definition) is 2. The second-order valence-electron chi connectivity index (χ2n) is 12.9. The summed E-state index contributed by atoms with van der Waals surface area (Å²) in [6.07, 6.45) is 0. The van der Waals surface area contributed by atoms with E-state index in [4.69, 9.17) is 4.42 Å². The van der Waals surface area contributed by atoms with Gasteiger partial charge in [0.1, 0.15) is 11.2 Å². The van der Waals surface area contributed by atoms with Crippen LogP contribution in [-0.2, 0) is 0 Å². The molecule has 0 N–H and O–H groups in total. The average Bonchev–Trinajstić information content (AvgIpc) is 3.58. The zero-order valence-electron chi connectivity index (χ0n) is 27.3. The molecule has 10 aromatic rings. The lowest BCUT2D eigenvalue weighted by Gasteiger charge is -2.26. The first kappa shape index (κ1) is 28.4. The predicted molar refractivity (Wildman–Crippen MR) is 212 cm³/mol. The summed E-state index contributed by atoms with van der Waals surface area (Å²) in [4.78, 5) is 2.32. The monoisotopic (exact) mass is 637 g/mol. The quantitative estimate of drug-likeness (QED) is 0.175. The molecule has 0 atom stereocenters. The number of anilines is 3. The highest BCUT2D eigenvalue weighted by molar-refractivity contribution is 6.19. The average molecular weight is 638 g/mol. The van der Waals surface area contributed by atoms with E-state index in [0.29, 0.717) is 0 Å². The Balaban J connectivity index is 1.04. The van der Waals surface area contributed by atoms with Crippen molar-refractivity contribution in [3.63, 3.8) is 0 Å². The van der Waals surface area contributed by atoms with Gasteiger partial charge in [0.15, 0.2) is 0 Å². The van der Waals surface area contributed by atoms with Crippen LogP contribution in [0.3, 0.4) is 0 Å². The first-order valence-corrected chi connectivity index (χ1v) is 17.1. The Morgan fingerprint density at radius 1 is 0.300 bits per heavy atom. The van der Waals surface area contributed by atoms with E-state index in [1.807, 2.05) is 12.1 Å². The van der Waals surface area contributed by atoms with Gasteiger partial charge in [-0.2, -0.15) is 0 Å². The maximum Gasteiger partial charge on any atom is 0.136 e. The molecule has 10 rings (SSSR count). The highest BCUT2D eigenvalue weighted by atomic mass is 16.3. The molecule has 0 unspecified atom stereocenters. The van der Waals surface area contributed by atoms with Crippen molar-refractivity contribution >= 4 is 71.3 Å². The van der Waals surface area contributed by atoms with Crippen molar-refractivity contribution in [2.45, 2.75) is 0 Å². The molecule has 0 aliphatic carbocycles. The topological polar surface area (TPSA) is 16.4 Å². The Bertz CT molecular complexity index is 2850. The molecule has 2 heteroatoms. The fourth-order valence-corrected chi connectivity index (χ4v) is 7.73. The number of furan rings is 1. The van der Waals surface area contributed by atoms with E-state index in [9.17, 15) is 0 Å². The van der Waals surface area contributed by atoms with Gasteiger partial charge < -0.3 is 9.32 Å². The van der Waals surface area contributed by atoms with E-state index in [-0.39, 0.29) is 0 Å². The van der Waals surface area contributed by atoms with Crippen LogP contribution in [-0.4, -0.2) is 0 Å². The van der Waals surface area contributed by atoms with Gasteiger partial charge in [-0.3, -0.25) is 0 Å². The third-order valence-electron chi connectivity index (χ3n) is 10.1. The van der Waals surface area contributed by atoms with Crippen LogP contribution in [0.1, 0.15) is 0 Å². The summed E-state index contributed by atoms with van der Waals surface area (Å²) in [5, 5.41) is 9.98. The molecule has 0 aliphatic heterocycles. The van der Waals surface area contributed by atoms with E-state index in [1.54, 1.807) is 0 Å². The Morgan fingerprint density at radius 2 is 0.820 bits per heavy atom. The molecule has 50 heavy (non-hydrogen) atoms. The Morgan fingerprint density at radius 3 is 1.62 bits per heavy atom. The largest absolute Gasteiger partial charge is 0.456 e. The van der Waals surface area contributed by atoms with Crippen LogP contribution < -0.4 is 4.90 Å². The second kappa shape index (κ2) is 11.5. The van der Waals surface area contributed by atoms with E-state index >= 15 is 0 Å². The van der Waals surface area contributed by atoms with Crippen molar-refractivity contribution in [1.29, 1.82) is 0 Å². The van der Waals surface area contributed by atoms with Gasteiger partial charge in [-0.15, -0.1) is 0 Å². The fraction of sp³-hybridized carbons (Fsp3) is 0. The van der Waals surface area contributed by atoms with Crippen LogP contribution in [0.4, 0.5) is 17.1 Å². The highest BCUT2D eigenvalue weighted by Gasteiger charge is 2.16. The van der Waals surface area contributed by atoms with Crippen molar-refractivity contribution in [1.82, 2.24) is 0 Å². The lowest BCUT2D eigenvalue weighted by molar-refractivity contribution is 0.669. The zero-order valence-corrected chi connectivity index (χ0v) is 27.3. The lowest BCUT2D eigenvalue weighted by atomic mass is 9.92. The normalized spacial score (nSPS) is 11.6. The van der Waals surface area contributed by atoms with Crippen LogP contribution in [0.25, 0.3) is 76.5 Å². The molecular formula is C48H31NO. The summed E-state index contributed by atoms with van der Waals surface area (Å²) in [6.45, 7) is 0. The predicted octanol–water partition coefficient (Wildman–Crippen LogP) is 13.8. The van der Waals surface area contributed by atoms with Gasteiger partial charge in [0, 0.05) is 27.8 Å². The Labute approximate surface area is 290 Å². The summed E-state index contributed by atoms with van der Waals surface area (Å²) in [6, 6.07) is 67.4. The molecule has 0 saturated carbocycles. The van der Waals surface area contributed by atoms with Gasteiger partial charge in [-0.1, -0.05) is 140 Å². The van der Waals surface area contributed by atoms with Gasteiger partial charge >= 0.3 is 0 Å². The molecule has 2 nitrogen and oxygen atoms in total. The first-order valence-electron chi connectivity index (χ1n) is 17.1. The van der Waals surface area contributed by atoms with E-state index in [0.717, 1.165) is 44.6 Å². The molecule has 0 saturated heterocycles. The zero-order chi connectivity index (χ0) is 33.0. The van der Waals surface area contributed by atoms with Crippen LogP contribution in [0.5, 0.6) is 0 Å². The van der Waals surface area contributed by atoms with Crippen molar-refractivity contribution < 1.29 is 4.42 Å². The molecule has 0 aliphatic rings. The summed E-state index contributed by atoms with van der Waals surface area (Å²) < 4.78 is 6.18. The number of para-hydroxylation sites is 2. The standard InChI is InChI=1S/C48H31NO/c1-2-11-35(12-3-1)49(37-27-22-34(23-28-37)40-16-9-19-47-48(40)45-14-6-7-18-46(45)50-47)36-25-20-33(21-26-36)39-15-8-17-41-42(39)30-31-43-38-13-5-4-10-32(38)24-29-44(41)43/h1-31H.